The van der Waals surface area contributed by atoms with Crippen LogP contribution in [0.1, 0.15) is 22.3 Å². The first kappa shape index (κ1) is 12.9. The van der Waals surface area contributed by atoms with Gasteiger partial charge in [0.1, 0.15) is 0 Å². The van der Waals surface area contributed by atoms with Crippen molar-refractivity contribution in [3.05, 3.63) is 35.4 Å². The quantitative estimate of drug-likeness (QED) is 0.600. The van der Waals surface area contributed by atoms with Crippen molar-refractivity contribution in [1.29, 1.82) is 0 Å². The molecule has 0 saturated heterocycles. The Balaban J connectivity index is 2.24. The first-order valence-electron chi connectivity index (χ1n) is 5.90. The minimum atomic E-state index is -0.954. The van der Waals surface area contributed by atoms with E-state index < -0.39 is 12.2 Å². The van der Waals surface area contributed by atoms with Crippen LogP contribution in [0.15, 0.2) is 24.3 Å². The van der Waals surface area contributed by atoms with Gasteiger partial charge in [-0.15, -0.1) is 0 Å². The molecule has 4 heteroatoms. The summed E-state index contributed by atoms with van der Waals surface area (Å²) < 4.78 is 9.85. The standard InChI is InChI=1S/C14H16O4/c1-17-14(18-2)13(16)11-8-7-9-5-3-4-6-10(9)12(11)15/h3-6,11,14H,7-8H2,1-2H3. The summed E-state index contributed by atoms with van der Waals surface area (Å²) in [5.41, 5.74) is 1.66. The second kappa shape index (κ2) is 5.42. The topological polar surface area (TPSA) is 52.6 Å². The van der Waals surface area contributed by atoms with Crippen molar-refractivity contribution in [1.82, 2.24) is 0 Å². The number of hydrogen-bond acceptors (Lipinski definition) is 4. The maximum Gasteiger partial charge on any atom is 0.218 e. The van der Waals surface area contributed by atoms with Gasteiger partial charge in [0.05, 0.1) is 5.92 Å². The van der Waals surface area contributed by atoms with E-state index in [1.807, 2.05) is 18.2 Å². The lowest BCUT2D eigenvalue weighted by molar-refractivity contribution is -0.159. The Bertz CT molecular complexity index is 463. The molecule has 0 spiro atoms. The van der Waals surface area contributed by atoms with Gasteiger partial charge in [0, 0.05) is 19.8 Å². The second-order valence-electron chi connectivity index (χ2n) is 4.32. The number of fused-ring (bicyclic) bond motifs is 1. The van der Waals surface area contributed by atoms with Crippen LogP contribution in [0.4, 0.5) is 0 Å². The van der Waals surface area contributed by atoms with Crippen molar-refractivity contribution < 1.29 is 19.1 Å². The molecule has 0 aliphatic heterocycles. The minimum Gasteiger partial charge on any atom is -0.349 e. The lowest BCUT2D eigenvalue weighted by Crippen LogP contribution is -2.38. The fraction of sp³-hybridized carbons (Fsp3) is 0.429. The normalized spacial score (nSPS) is 18.8. The fourth-order valence-electron chi connectivity index (χ4n) is 2.36. The molecule has 4 nitrogen and oxygen atoms in total. The van der Waals surface area contributed by atoms with E-state index >= 15 is 0 Å². The molecule has 96 valence electrons. The number of ketones is 2. The van der Waals surface area contributed by atoms with Gasteiger partial charge < -0.3 is 9.47 Å². The molecule has 1 atom stereocenters. The highest BCUT2D eigenvalue weighted by molar-refractivity contribution is 6.13. The van der Waals surface area contributed by atoms with Crippen molar-refractivity contribution in [2.75, 3.05) is 14.2 Å². The van der Waals surface area contributed by atoms with Crippen LogP contribution in [0.2, 0.25) is 0 Å². The third-order valence-electron chi connectivity index (χ3n) is 3.31. The number of carbonyl (C=O) groups excluding carboxylic acids is 2. The Kier molecular flexibility index (Phi) is 3.89. The first-order chi connectivity index (χ1) is 8.69. The number of Topliss-reactive ketones (excluding diaryl/α,β-unsaturated/α-hetero) is 2. The monoisotopic (exact) mass is 248 g/mol. The van der Waals surface area contributed by atoms with Crippen molar-refractivity contribution in [3.8, 4) is 0 Å². The fourth-order valence-corrected chi connectivity index (χ4v) is 2.36. The van der Waals surface area contributed by atoms with Crippen LogP contribution < -0.4 is 0 Å². The highest BCUT2D eigenvalue weighted by Gasteiger charge is 2.36. The Hall–Kier alpha value is -1.52. The predicted octanol–water partition coefficient (Wildman–Crippen LogP) is 1.62. The summed E-state index contributed by atoms with van der Waals surface area (Å²) in [6.45, 7) is 0. The minimum absolute atomic E-state index is 0.124. The van der Waals surface area contributed by atoms with Gasteiger partial charge in [0.25, 0.3) is 0 Å². The lowest BCUT2D eigenvalue weighted by atomic mass is 9.80. The molecule has 0 heterocycles. The maximum absolute atomic E-state index is 12.3. The summed E-state index contributed by atoms with van der Waals surface area (Å²) in [6.07, 6.45) is 0.306. The Labute approximate surface area is 106 Å². The number of benzene rings is 1. The molecular weight excluding hydrogens is 232 g/mol. The number of methoxy groups -OCH3 is 2. The van der Waals surface area contributed by atoms with Crippen molar-refractivity contribution in [2.45, 2.75) is 19.1 Å². The van der Waals surface area contributed by atoms with Crippen molar-refractivity contribution in [2.24, 2.45) is 5.92 Å². The van der Waals surface area contributed by atoms with Crippen LogP contribution in [0.5, 0.6) is 0 Å². The number of hydrogen-bond donors (Lipinski definition) is 0. The van der Waals surface area contributed by atoms with E-state index in [0.29, 0.717) is 12.0 Å². The molecule has 1 unspecified atom stereocenters. The van der Waals surface area contributed by atoms with E-state index in [1.165, 1.54) is 14.2 Å². The molecular formula is C14H16O4. The zero-order valence-corrected chi connectivity index (χ0v) is 10.5. The molecule has 0 amide bonds. The lowest BCUT2D eigenvalue weighted by Gasteiger charge is -2.24. The zero-order chi connectivity index (χ0) is 13.1. The molecule has 0 saturated carbocycles. The first-order valence-corrected chi connectivity index (χ1v) is 5.90. The number of aryl methyl sites for hydroxylation is 1. The summed E-state index contributed by atoms with van der Waals surface area (Å²) in [7, 11) is 2.79. The molecule has 1 aliphatic rings. The molecule has 1 aromatic carbocycles. The number of rotatable bonds is 4. The summed E-state index contributed by atoms with van der Waals surface area (Å²) in [6, 6.07) is 7.42. The van der Waals surface area contributed by atoms with Gasteiger partial charge in [-0.25, -0.2) is 0 Å². The molecule has 2 rings (SSSR count). The molecule has 0 radical (unpaired) electrons. The van der Waals surface area contributed by atoms with E-state index in [0.717, 1.165) is 12.0 Å². The summed E-state index contributed by atoms with van der Waals surface area (Å²) in [5, 5.41) is 0. The zero-order valence-electron chi connectivity index (χ0n) is 10.5. The summed E-state index contributed by atoms with van der Waals surface area (Å²) >= 11 is 0. The molecule has 0 N–H and O–H groups in total. The van der Waals surface area contributed by atoms with E-state index in [1.54, 1.807) is 6.07 Å². The Morgan fingerprint density at radius 3 is 2.61 bits per heavy atom. The largest absolute Gasteiger partial charge is 0.349 e. The van der Waals surface area contributed by atoms with Crippen LogP contribution >= 0.6 is 0 Å². The van der Waals surface area contributed by atoms with E-state index in [4.69, 9.17) is 9.47 Å². The van der Waals surface area contributed by atoms with E-state index in [-0.39, 0.29) is 11.6 Å². The molecule has 0 aromatic heterocycles. The van der Waals surface area contributed by atoms with Gasteiger partial charge in [0.2, 0.25) is 6.29 Å². The van der Waals surface area contributed by atoms with E-state index in [2.05, 4.69) is 0 Å². The van der Waals surface area contributed by atoms with E-state index in [9.17, 15) is 9.59 Å². The predicted molar refractivity (Wildman–Crippen MR) is 65.4 cm³/mol. The summed E-state index contributed by atoms with van der Waals surface area (Å²) in [5.74, 6) is -1.06. The van der Waals surface area contributed by atoms with Gasteiger partial charge in [-0.05, 0) is 18.4 Å². The van der Waals surface area contributed by atoms with Crippen molar-refractivity contribution in [3.63, 3.8) is 0 Å². The van der Waals surface area contributed by atoms with Crippen LogP contribution in [0, 0.1) is 5.92 Å². The Morgan fingerprint density at radius 2 is 1.94 bits per heavy atom. The average Bonchev–Trinajstić information content (AvgIpc) is 2.40. The summed E-state index contributed by atoms with van der Waals surface area (Å²) in [4.78, 5) is 24.4. The van der Waals surface area contributed by atoms with Crippen LogP contribution in [-0.4, -0.2) is 32.1 Å². The molecule has 1 aliphatic carbocycles. The van der Waals surface area contributed by atoms with Gasteiger partial charge in [-0.1, -0.05) is 24.3 Å². The van der Waals surface area contributed by atoms with Gasteiger partial charge in [-0.3, -0.25) is 9.59 Å². The van der Waals surface area contributed by atoms with Gasteiger partial charge in [0.15, 0.2) is 11.6 Å². The van der Waals surface area contributed by atoms with Gasteiger partial charge in [-0.2, -0.15) is 0 Å². The Morgan fingerprint density at radius 1 is 1.28 bits per heavy atom. The van der Waals surface area contributed by atoms with Crippen LogP contribution in [0.25, 0.3) is 0 Å². The molecule has 18 heavy (non-hydrogen) atoms. The SMILES string of the molecule is COC(OC)C(=O)C1CCc2ccccc2C1=O. The maximum atomic E-state index is 12.3. The highest BCUT2D eigenvalue weighted by Crippen LogP contribution is 2.27. The van der Waals surface area contributed by atoms with Crippen LogP contribution in [0.3, 0.4) is 0 Å². The molecule has 0 bridgehead atoms. The van der Waals surface area contributed by atoms with Crippen molar-refractivity contribution >= 4 is 11.6 Å². The number of ether oxygens (including phenoxy) is 2. The van der Waals surface area contributed by atoms with Gasteiger partial charge >= 0.3 is 0 Å². The highest BCUT2D eigenvalue weighted by atomic mass is 16.7. The second-order valence-corrected chi connectivity index (χ2v) is 4.32. The molecule has 1 aromatic rings. The third-order valence-corrected chi connectivity index (χ3v) is 3.31. The third kappa shape index (κ3) is 2.21. The molecule has 0 fully saturated rings. The smallest absolute Gasteiger partial charge is 0.218 e. The average molecular weight is 248 g/mol. The number of carbonyl (C=O) groups is 2. The van der Waals surface area contributed by atoms with Crippen LogP contribution in [-0.2, 0) is 20.7 Å².